The molecule has 0 amide bonds. The zero-order valence-electron chi connectivity index (χ0n) is 14.8. The molecular formula is C19H16Cl2N2O4. The molecule has 140 valence electrons. The molecule has 0 aliphatic rings. The van der Waals surface area contributed by atoms with Crippen LogP contribution in [0.4, 0.5) is 0 Å². The summed E-state index contributed by atoms with van der Waals surface area (Å²) >= 11 is 12.1. The molecule has 6 nitrogen and oxygen atoms in total. The van der Waals surface area contributed by atoms with Crippen LogP contribution in [0.5, 0.6) is 0 Å². The third-order valence-electron chi connectivity index (χ3n) is 4.23. The highest BCUT2D eigenvalue weighted by Gasteiger charge is 2.29. The van der Waals surface area contributed by atoms with Gasteiger partial charge >= 0.3 is 11.9 Å². The summed E-state index contributed by atoms with van der Waals surface area (Å²) < 4.78 is 12.0. The Kier molecular flexibility index (Phi) is 5.39. The predicted molar refractivity (Wildman–Crippen MR) is 102 cm³/mol. The van der Waals surface area contributed by atoms with Crippen molar-refractivity contribution in [2.75, 3.05) is 7.11 Å². The molecule has 0 spiro atoms. The Morgan fingerprint density at radius 3 is 2.56 bits per heavy atom. The summed E-state index contributed by atoms with van der Waals surface area (Å²) in [5.41, 5.74) is 2.11. The quantitative estimate of drug-likeness (QED) is 0.605. The van der Waals surface area contributed by atoms with Gasteiger partial charge in [-0.25, -0.2) is 14.6 Å². The van der Waals surface area contributed by atoms with Crippen molar-refractivity contribution in [3.05, 3.63) is 63.4 Å². The second-order valence-corrected chi connectivity index (χ2v) is 6.74. The average Bonchev–Trinajstić information content (AvgIpc) is 2.93. The van der Waals surface area contributed by atoms with Crippen LogP contribution in [0.3, 0.4) is 0 Å². The largest absolute Gasteiger partial charge is 0.466 e. The zero-order valence-corrected chi connectivity index (χ0v) is 16.3. The number of carbonyl (C=O) groups is 2. The van der Waals surface area contributed by atoms with Gasteiger partial charge in [-0.2, -0.15) is 0 Å². The van der Waals surface area contributed by atoms with Crippen LogP contribution in [0.25, 0.3) is 11.0 Å². The highest BCUT2D eigenvalue weighted by molar-refractivity contribution is 6.35. The Morgan fingerprint density at radius 2 is 1.89 bits per heavy atom. The zero-order chi connectivity index (χ0) is 19.7. The first-order valence-corrected chi connectivity index (χ1v) is 8.74. The van der Waals surface area contributed by atoms with E-state index in [1.807, 2.05) is 18.5 Å². The van der Waals surface area contributed by atoms with Crippen LogP contribution in [0, 0.1) is 6.92 Å². The van der Waals surface area contributed by atoms with Gasteiger partial charge in [0.15, 0.2) is 0 Å². The number of fused-ring (bicyclic) bond motifs is 1. The van der Waals surface area contributed by atoms with E-state index >= 15 is 0 Å². The molecule has 0 radical (unpaired) electrons. The lowest BCUT2D eigenvalue weighted by Crippen LogP contribution is -2.21. The highest BCUT2D eigenvalue weighted by atomic mass is 35.5. The van der Waals surface area contributed by atoms with Crippen molar-refractivity contribution in [2.24, 2.45) is 7.05 Å². The lowest BCUT2D eigenvalue weighted by atomic mass is 10.1. The third kappa shape index (κ3) is 3.77. The molecule has 2 aromatic carbocycles. The summed E-state index contributed by atoms with van der Waals surface area (Å²) in [4.78, 5) is 29.2. The molecule has 3 rings (SSSR count). The number of carbonyl (C=O) groups excluding carboxylic acids is 2. The van der Waals surface area contributed by atoms with Crippen LogP contribution in [0.1, 0.15) is 27.8 Å². The van der Waals surface area contributed by atoms with Gasteiger partial charge in [-0.1, -0.05) is 29.3 Å². The van der Waals surface area contributed by atoms with Crippen LogP contribution in [-0.4, -0.2) is 28.6 Å². The van der Waals surface area contributed by atoms with E-state index in [1.54, 1.807) is 24.3 Å². The Bertz CT molecular complexity index is 1050. The van der Waals surface area contributed by atoms with Crippen molar-refractivity contribution in [2.45, 2.75) is 13.0 Å². The second-order valence-electron chi connectivity index (χ2n) is 5.90. The maximum absolute atomic E-state index is 12.7. The van der Waals surface area contributed by atoms with E-state index in [-0.39, 0.29) is 10.6 Å². The Labute approximate surface area is 165 Å². The molecular weight excluding hydrogens is 391 g/mol. The second kappa shape index (κ2) is 7.58. The van der Waals surface area contributed by atoms with E-state index in [2.05, 4.69) is 4.98 Å². The minimum absolute atomic E-state index is 0.198. The maximum Gasteiger partial charge on any atom is 0.352 e. The predicted octanol–water partition coefficient (Wildman–Crippen LogP) is 4.26. The maximum atomic E-state index is 12.7. The minimum atomic E-state index is -1.31. The SMILES string of the molecule is COC(=O)C(OC(=O)c1ccc2nc(C)n(C)c2c1)c1ccc(Cl)cc1Cl. The van der Waals surface area contributed by atoms with Gasteiger partial charge in [-0.3, -0.25) is 0 Å². The van der Waals surface area contributed by atoms with Crippen LogP contribution in [-0.2, 0) is 21.3 Å². The van der Waals surface area contributed by atoms with Crippen LogP contribution in [0.15, 0.2) is 36.4 Å². The van der Waals surface area contributed by atoms with Gasteiger partial charge in [0.25, 0.3) is 0 Å². The van der Waals surface area contributed by atoms with Gasteiger partial charge in [0, 0.05) is 22.7 Å². The number of hydrogen-bond acceptors (Lipinski definition) is 5. The smallest absolute Gasteiger partial charge is 0.352 e. The number of halogens is 2. The Morgan fingerprint density at radius 1 is 1.15 bits per heavy atom. The fraction of sp³-hybridized carbons (Fsp3) is 0.211. The minimum Gasteiger partial charge on any atom is -0.466 e. The molecule has 1 atom stereocenters. The molecule has 0 aliphatic carbocycles. The summed E-state index contributed by atoms with van der Waals surface area (Å²) in [6, 6.07) is 9.52. The van der Waals surface area contributed by atoms with Gasteiger partial charge in [-0.15, -0.1) is 0 Å². The first-order valence-electron chi connectivity index (χ1n) is 7.98. The van der Waals surface area contributed by atoms with Crippen molar-refractivity contribution < 1.29 is 19.1 Å². The topological polar surface area (TPSA) is 70.4 Å². The van der Waals surface area contributed by atoms with E-state index < -0.39 is 18.0 Å². The molecule has 1 heterocycles. The van der Waals surface area contributed by atoms with Gasteiger partial charge in [0.05, 0.1) is 23.7 Å². The lowest BCUT2D eigenvalue weighted by molar-refractivity contribution is -0.151. The standard InChI is InChI=1S/C19H16Cl2N2O4/c1-10-22-15-7-4-11(8-16(15)23(10)2)18(24)27-17(19(25)26-3)13-6-5-12(20)9-14(13)21/h4-9,17H,1-3H3. The molecule has 0 N–H and O–H groups in total. The van der Waals surface area contributed by atoms with E-state index in [0.717, 1.165) is 16.9 Å². The van der Waals surface area contributed by atoms with Gasteiger partial charge < -0.3 is 14.0 Å². The molecule has 3 aromatic rings. The molecule has 1 unspecified atom stereocenters. The van der Waals surface area contributed by atoms with E-state index in [0.29, 0.717) is 10.6 Å². The third-order valence-corrected chi connectivity index (χ3v) is 4.79. The van der Waals surface area contributed by atoms with Crippen LogP contribution in [0.2, 0.25) is 10.0 Å². The van der Waals surface area contributed by atoms with Crippen molar-refractivity contribution >= 4 is 46.2 Å². The number of esters is 2. The molecule has 0 fully saturated rings. The van der Waals surface area contributed by atoms with Crippen LogP contribution >= 0.6 is 23.2 Å². The molecule has 0 saturated carbocycles. The summed E-state index contributed by atoms with van der Waals surface area (Å²) in [6.07, 6.45) is -1.31. The number of ether oxygens (including phenoxy) is 2. The summed E-state index contributed by atoms with van der Waals surface area (Å²) in [7, 11) is 3.06. The molecule has 27 heavy (non-hydrogen) atoms. The molecule has 8 heteroatoms. The normalized spacial score (nSPS) is 12.0. The van der Waals surface area contributed by atoms with E-state index in [1.165, 1.54) is 19.2 Å². The molecule has 0 aliphatic heterocycles. The van der Waals surface area contributed by atoms with Crippen molar-refractivity contribution in [3.8, 4) is 0 Å². The van der Waals surface area contributed by atoms with Crippen molar-refractivity contribution in [1.82, 2.24) is 9.55 Å². The molecule has 0 bridgehead atoms. The number of hydrogen-bond donors (Lipinski definition) is 0. The fourth-order valence-electron chi connectivity index (χ4n) is 2.67. The first kappa shape index (κ1) is 19.2. The Balaban J connectivity index is 1.95. The number of imidazole rings is 1. The number of nitrogens with zero attached hydrogens (tertiary/aromatic N) is 2. The number of aromatic nitrogens is 2. The fourth-order valence-corrected chi connectivity index (χ4v) is 3.18. The summed E-state index contributed by atoms with van der Waals surface area (Å²) in [5, 5.41) is 0.596. The van der Waals surface area contributed by atoms with Crippen molar-refractivity contribution in [1.29, 1.82) is 0 Å². The summed E-state index contributed by atoms with van der Waals surface area (Å²) in [6.45, 7) is 1.87. The lowest BCUT2D eigenvalue weighted by Gasteiger charge is -2.17. The first-order chi connectivity index (χ1) is 12.8. The highest BCUT2D eigenvalue weighted by Crippen LogP contribution is 2.30. The van der Waals surface area contributed by atoms with Crippen molar-refractivity contribution in [3.63, 3.8) is 0 Å². The van der Waals surface area contributed by atoms with E-state index in [9.17, 15) is 9.59 Å². The number of aryl methyl sites for hydroxylation is 2. The number of methoxy groups -OCH3 is 1. The van der Waals surface area contributed by atoms with Crippen LogP contribution < -0.4 is 0 Å². The monoisotopic (exact) mass is 406 g/mol. The molecule has 0 saturated heterocycles. The summed E-state index contributed by atoms with van der Waals surface area (Å²) in [5.74, 6) is -0.613. The number of rotatable bonds is 4. The van der Waals surface area contributed by atoms with E-state index in [4.69, 9.17) is 32.7 Å². The van der Waals surface area contributed by atoms with Gasteiger partial charge in [0.2, 0.25) is 6.10 Å². The van der Waals surface area contributed by atoms with Gasteiger partial charge in [-0.05, 0) is 37.3 Å². The van der Waals surface area contributed by atoms with Gasteiger partial charge in [0.1, 0.15) is 5.82 Å². The molecule has 1 aromatic heterocycles. The average molecular weight is 407 g/mol. The Hall–Kier alpha value is -2.57. The number of benzene rings is 2.